The molecule has 0 aliphatic carbocycles. The molecule has 0 aliphatic heterocycles. The van der Waals surface area contributed by atoms with Gasteiger partial charge in [0.2, 0.25) is 0 Å². The van der Waals surface area contributed by atoms with E-state index in [1.165, 1.54) is 0 Å². The number of methoxy groups -OCH3 is 2. The number of para-hydroxylation sites is 2. The first-order valence-electron chi connectivity index (χ1n) is 8.16. The van der Waals surface area contributed by atoms with Gasteiger partial charge in [-0.1, -0.05) is 12.1 Å². The number of imidazole rings is 1. The normalized spacial score (nSPS) is 10.8. The molecule has 0 spiro atoms. The minimum atomic E-state index is -0.184. The van der Waals surface area contributed by atoms with Crippen molar-refractivity contribution < 1.29 is 14.3 Å². The zero-order chi connectivity index (χ0) is 18.7. The van der Waals surface area contributed by atoms with Crippen LogP contribution < -0.4 is 14.8 Å². The zero-order valence-corrected chi connectivity index (χ0v) is 16.5. The summed E-state index contributed by atoms with van der Waals surface area (Å²) in [4.78, 5) is 17.0. The van der Waals surface area contributed by atoms with Crippen LogP contribution in [0.15, 0.2) is 40.9 Å². The molecule has 1 aromatic heterocycles. The van der Waals surface area contributed by atoms with Crippen molar-refractivity contribution in [3.05, 3.63) is 52.3 Å². The number of halogens is 1. The quantitative estimate of drug-likeness (QED) is 0.665. The van der Waals surface area contributed by atoms with Gasteiger partial charge in [0.25, 0.3) is 5.91 Å². The largest absolute Gasteiger partial charge is 0.495 e. The molecule has 0 radical (unpaired) electrons. The summed E-state index contributed by atoms with van der Waals surface area (Å²) in [5.41, 5.74) is 2.50. The molecule has 26 heavy (non-hydrogen) atoms. The number of hydrogen-bond donors (Lipinski definition) is 1. The maximum absolute atomic E-state index is 12.5. The monoisotopic (exact) mass is 417 g/mol. The van der Waals surface area contributed by atoms with Crippen molar-refractivity contribution >= 4 is 32.9 Å². The Morgan fingerprint density at radius 2 is 1.85 bits per heavy atom. The van der Waals surface area contributed by atoms with E-state index in [9.17, 15) is 4.79 Å². The van der Waals surface area contributed by atoms with E-state index in [1.54, 1.807) is 26.4 Å². The van der Waals surface area contributed by atoms with Crippen molar-refractivity contribution in [3.63, 3.8) is 0 Å². The number of ether oxygens (including phenoxy) is 2. The number of aromatic nitrogens is 2. The van der Waals surface area contributed by atoms with Crippen LogP contribution in [-0.4, -0.2) is 36.2 Å². The van der Waals surface area contributed by atoms with Gasteiger partial charge in [-0.15, -0.1) is 0 Å². The molecule has 7 heteroatoms. The van der Waals surface area contributed by atoms with Crippen LogP contribution in [-0.2, 0) is 6.54 Å². The Morgan fingerprint density at radius 1 is 1.19 bits per heavy atom. The van der Waals surface area contributed by atoms with Crippen LogP contribution in [0.3, 0.4) is 0 Å². The number of carbonyl (C=O) groups excluding carboxylic acids is 1. The van der Waals surface area contributed by atoms with E-state index in [-0.39, 0.29) is 5.91 Å². The van der Waals surface area contributed by atoms with Crippen LogP contribution >= 0.6 is 15.9 Å². The number of carbonyl (C=O) groups is 1. The maximum Gasteiger partial charge on any atom is 0.251 e. The first-order valence-corrected chi connectivity index (χ1v) is 8.96. The molecule has 0 saturated carbocycles. The number of nitrogens with one attached hydrogen (secondary N) is 1. The number of hydrogen-bond acceptors (Lipinski definition) is 4. The molecule has 0 unspecified atom stereocenters. The van der Waals surface area contributed by atoms with Crippen LogP contribution in [0.4, 0.5) is 0 Å². The molecule has 0 fully saturated rings. The van der Waals surface area contributed by atoms with E-state index >= 15 is 0 Å². The van der Waals surface area contributed by atoms with Crippen molar-refractivity contribution in [2.75, 3.05) is 20.8 Å². The van der Waals surface area contributed by atoms with E-state index in [2.05, 4.69) is 30.8 Å². The van der Waals surface area contributed by atoms with E-state index in [1.807, 2.05) is 31.2 Å². The smallest absolute Gasteiger partial charge is 0.251 e. The second-order valence-corrected chi connectivity index (χ2v) is 6.54. The van der Waals surface area contributed by atoms with E-state index in [4.69, 9.17) is 9.47 Å². The minimum absolute atomic E-state index is 0.184. The van der Waals surface area contributed by atoms with Gasteiger partial charge in [-0.05, 0) is 47.1 Å². The molecule has 3 aromatic rings. The highest BCUT2D eigenvalue weighted by atomic mass is 79.9. The van der Waals surface area contributed by atoms with Gasteiger partial charge in [0.15, 0.2) is 0 Å². The number of amides is 1. The Kier molecular flexibility index (Phi) is 5.46. The highest BCUT2D eigenvalue weighted by Gasteiger charge is 2.15. The first kappa shape index (κ1) is 18.3. The predicted octanol–water partition coefficient (Wildman–Crippen LogP) is 3.55. The molecule has 136 valence electrons. The SMILES string of the molecule is COc1cc(C(=O)NCCn2c(C)nc3ccccc32)cc(OC)c1Br. The average Bonchev–Trinajstić information content (AvgIpc) is 2.97. The summed E-state index contributed by atoms with van der Waals surface area (Å²) >= 11 is 3.40. The molecular formula is C19H20BrN3O3. The summed E-state index contributed by atoms with van der Waals surface area (Å²) in [6.45, 7) is 3.09. The highest BCUT2D eigenvalue weighted by molar-refractivity contribution is 9.10. The maximum atomic E-state index is 12.5. The fourth-order valence-electron chi connectivity index (χ4n) is 2.86. The lowest BCUT2D eigenvalue weighted by atomic mass is 10.2. The van der Waals surface area contributed by atoms with Crippen LogP contribution in [0.25, 0.3) is 11.0 Å². The Balaban J connectivity index is 1.72. The Bertz CT molecular complexity index is 927. The molecule has 0 atom stereocenters. The molecule has 1 N–H and O–H groups in total. The van der Waals surface area contributed by atoms with Crippen molar-refractivity contribution in [2.24, 2.45) is 0 Å². The zero-order valence-electron chi connectivity index (χ0n) is 14.9. The summed E-state index contributed by atoms with van der Waals surface area (Å²) < 4.78 is 13.3. The third-order valence-corrected chi connectivity index (χ3v) is 4.96. The second-order valence-electron chi connectivity index (χ2n) is 5.75. The van der Waals surface area contributed by atoms with Crippen LogP contribution in [0, 0.1) is 6.92 Å². The van der Waals surface area contributed by atoms with Gasteiger partial charge in [-0.25, -0.2) is 4.98 Å². The number of benzene rings is 2. The Hall–Kier alpha value is -2.54. The summed E-state index contributed by atoms with van der Waals surface area (Å²) in [5, 5.41) is 2.94. The molecular weight excluding hydrogens is 398 g/mol. The lowest BCUT2D eigenvalue weighted by molar-refractivity contribution is 0.0951. The highest BCUT2D eigenvalue weighted by Crippen LogP contribution is 2.35. The average molecular weight is 418 g/mol. The third kappa shape index (κ3) is 3.53. The van der Waals surface area contributed by atoms with E-state index < -0.39 is 0 Å². The second kappa shape index (κ2) is 7.78. The van der Waals surface area contributed by atoms with Gasteiger partial charge in [0.1, 0.15) is 21.8 Å². The lowest BCUT2D eigenvalue weighted by Gasteiger charge is -2.12. The van der Waals surface area contributed by atoms with Crippen molar-refractivity contribution in [3.8, 4) is 11.5 Å². The van der Waals surface area contributed by atoms with Gasteiger partial charge in [-0.2, -0.15) is 0 Å². The number of nitrogens with zero attached hydrogens (tertiary/aromatic N) is 2. The summed E-state index contributed by atoms with van der Waals surface area (Å²) in [6, 6.07) is 11.3. The lowest BCUT2D eigenvalue weighted by Crippen LogP contribution is -2.27. The minimum Gasteiger partial charge on any atom is -0.495 e. The van der Waals surface area contributed by atoms with Gasteiger partial charge >= 0.3 is 0 Å². The van der Waals surface area contributed by atoms with Gasteiger partial charge in [0, 0.05) is 18.7 Å². The van der Waals surface area contributed by atoms with Crippen molar-refractivity contribution in [2.45, 2.75) is 13.5 Å². The Labute approximate surface area is 160 Å². The van der Waals surface area contributed by atoms with Crippen molar-refractivity contribution in [1.29, 1.82) is 0 Å². The topological polar surface area (TPSA) is 65.4 Å². The molecule has 2 aromatic carbocycles. The predicted molar refractivity (Wildman–Crippen MR) is 104 cm³/mol. The third-order valence-electron chi connectivity index (χ3n) is 4.17. The van der Waals surface area contributed by atoms with Gasteiger partial charge in [0.05, 0.1) is 25.3 Å². The summed E-state index contributed by atoms with van der Waals surface area (Å²) in [7, 11) is 3.10. The van der Waals surface area contributed by atoms with Crippen LogP contribution in [0.2, 0.25) is 0 Å². The van der Waals surface area contributed by atoms with Gasteiger partial charge < -0.3 is 19.4 Å². The van der Waals surface area contributed by atoms with Gasteiger partial charge in [-0.3, -0.25) is 4.79 Å². The van der Waals surface area contributed by atoms with E-state index in [0.717, 1.165) is 16.9 Å². The molecule has 6 nitrogen and oxygen atoms in total. The number of fused-ring (bicyclic) bond motifs is 1. The van der Waals surface area contributed by atoms with Crippen LogP contribution in [0.5, 0.6) is 11.5 Å². The molecule has 0 bridgehead atoms. The summed E-state index contributed by atoms with van der Waals surface area (Å²) in [5.74, 6) is 1.83. The Morgan fingerprint density at radius 3 is 2.50 bits per heavy atom. The molecule has 1 heterocycles. The number of rotatable bonds is 6. The summed E-state index contributed by atoms with van der Waals surface area (Å²) in [6.07, 6.45) is 0. The van der Waals surface area contributed by atoms with Crippen molar-refractivity contribution in [1.82, 2.24) is 14.9 Å². The van der Waals surface area contributed by atoms with E-state index in [0.29, 0.717) is 34.6 Å². The molecule has 1 amide bonds. The molecule has 3 rings (SSSR count). The number of aryl methyl sites for hydroxylation is 1. The first-order chi connectivity index (χ1) is 12.5. The standard InChI is InChI=1S/C19H20BrN3O3/c1-12-22-14-6-4-5-7-15(14)23(12)9-8-21-19(24)13-10-16(25-2)18(20)17(11-13)26-3/h4-7,10-11H,8-9H2,1-3H3,(H,21,24). The van der Waals surface area contributed by atoms with Crippen LogP contribution in [0.1, 0.15) is 16.2 Å². The fraction of sp³-hybridized carbons (Fsp3) is 0.263. The molecule has 0 saturated heterocycles. The molecule has 0 aliphatic rings. The fourth-order valence-corrected chi connectivity index (χ4v) is 3.41.